The third kappa shape index (κ3) is 2.41. The van der Waals surface area contributed by atoms with E-state index in [9.17, 15) is 14.3 Å². The van der Waals surface area contributed by atoms with E-state index in [1.807, 2.05) is 0 Å². The highest BCUT2D eigenvalue weighted by atomic mass is 19.1. The van der Waals surface area contributed by atoms with Gasteiger partial charge < -0.3 is 14.9 Å². The third-order valence-corrected chi connectivity index (χ3v) is 3.71. The molecule has 0 aliphatic heterocycles. The van der Waals surface area contributed by atoms with Gasteiger partial charge in [0.05, 0.1) is 11.3 Å². The van der Waals surface area contributed by atoms with Crippen molar-refractivity contribution >= 4 is 5.91 Å². The first-order valence-electron chi connectivity index (χ1n) is 7.16. The molecule has 3 rings (SSSR count). The van der Waals surface area contributed by atoms with Gasteiger partial charge in [-0.3, -0.25) is 9.89 Å². The number of hydrogen-bond acceptors (Lipinski definition) is 5. The Morgan fingerprint density at radius 1 is 1.33 bits per heavy atom. The second-order valence-electron chi connectivity index (χ2n) is 5.26. The minimum atomic E-state index is -0.655. The summed E-state index contributed by atoms with van der Waals surface area (Å²) in [6.07, 6.45) is 0. The van der Waals surface area contributed by atoms with E-state index in [1.165, 1.54) is 19.2 Å². The standard InChI is InChI=1S/C16H15FN4O3/c1-7-12(8(2)24-21-7)13-14(19-20-15(13)16(23)18-3)10-5-4-9(22)6-11(10)17/h4-6,22H,1-3H3,(H,18,23)(H,19,20). The average molecular weight is 330 g/mol. The molecule has 0 unspecified atom stereocenters. The van der Waals surface area contributed by atoms with Crippen LogP contribution in [0, 0.1) is 19.7 Å². The highest BCUT2D eigenvalue weighted by molar-refractivity contribution is 6.03. The van der Waals surface area contributed by atoms with Crippen LogP contribution in [-0.2, 0) is 0 Å². The Kier molecular flexibility index (Phi) is 3.80. The number of aromatic amines is 1. The van der Waals surface area contributed by atoms with E-state index in [1.54, 1.807) is 13.8 Å². The van der Waals surface area contributed by atoms with Crippen LogP contribution in [0.15, 0.2) is 22.7 Å². The minimum absolute atomic E-state index is 0.147. The maximum Gasteiger partial charge on any atom is 0.269 e. The number of H-pyrrole nitrogens is 1. The first kappa shape index (κ1) is 15.7. The van der Waals surface area contributed by atoms with Crippen molar-refractivity contribution in [3.05, 3.63) is 41.2 Å². The summed E-state index contributed by atoms with van der Waals surface area (Å²) in [6, 6.07) is 3.74. The zero-order valence-corrected chi connectivity index (χ0v) is 13.3. The van der Waals surface area contributed by atoms with Crippen LogP contribution < -0.4 is 5.32 Å². The fraction of sp³-hybridized carbons (Fsp3) is 0.188. The summed E-state index contributed by atoms with van der Waals surface area (Å²) in [5.74, 6) is -0.766. The fourth-order valence-corrected chi connectivity index (χ4v) is 2.61. The van der Waals surface area contributed by atoms with Crippen molar-refractivity contribution in [1.82, 2.24) is 20.7 Å². The first-order valence-corrected chi connectivity index (χ1v) is 7.16. The van der Waals surface area contributed by atoms with E-state index >= 15 is 0 Å². The summed E-state index contributed by atoms with van der Waals surface area (Å²) in [5, 5.41) is 22.6. The number of aryl methyl sites for hydroxylation is 2. The number of halogens is 1. The Labute approximate surface area is 136 Å². The molecule has 8 heteroatoms. The van der Waals surface area contributed by atoms with E-state index in [2.05, 4.69) is 20.7 Å². The number of aromatic hydroxyl groups is 1. The Balaban J connectivity index is 2.32. The van der Waals surface area contributed by atoms with Crippen molar-refractivity contribution in [2.75, 3.05) is 7.05 Å². The summed E-state index contributed by atoms with van der Waals surface area (Å²) in [4.78, 5) is 12.2. The van der Waals surface area contributed by atoms with Crippen LogP contribution in [0.25, 0.3) is 22.4 Å². The van der Waals surface area contributed by atoms with Crippen LogP contribution in [0.5, 0.6) is 5.75 Å². The molecule has 0 saturated carbocycles. The van der Waals surface area contributed by atoms with Gasteiger partial charge in [0.15, 0.2) is 0 Å². The van der Waals surface area contributed by atoms with E-state index in [0.717, 1.165) is 6.07 Å². The highest BCUT2D eigenvalue weighted by Gasteiger charge is 2.27. The number of nitrogens with zero attached hydrogens (tertiary/aromatic N) is 2. The Hall–Kier alpha value is -3.16. The third-order valence-electron chi connectivity index (χ3n) is 3.71. The molecule has 0 saturated heterocycles. The minimum Gasteiger partial charge on any atom is -0.508 e. The van der Waals surface area contributed by atoms with Crippen LogP contribution >= 0.6 is 0 Å². The number of amides is 1. The number of rotatable bonds is 3. The normalized spacial score (nSPS) is 10.8. The van der Waals surface area contributed by atoms with Gasteiger partial charge in [0.25, 0.3) is 5.91 Å². The average Bonchev–Trinajstić information content (AvgIpc) is 3.10. The fourth-order valence-electron chi connectivity index (χ4n) is 2.61. The van der Waals surface area contributed by atoms with Gasteiger partial charge in [-0.2, -0.15) is 5.10 Å². The van der Waals surface area contributed by atoms with Gasteiger partial charge in [-0.25, -0.2) is 4.39 Å². The maximum atomic E-state index is 14.3. The van der Waals surface area contributed by atoms with E-state index in [-0.39, 0.29) is 22.7 Å². The monoisotopic (exact) mass is 330 g/mol. The molecule has 1 aromatic carbocycles. The molecule has 2 heterocycles. The molecule has 7 nitrogen and oxygen atoms in total. The molecule has 0 radical (unpaired) electrons. The molecule has 124 valence electrons. The zero-order valence-electron chi connectivity index (χ0n) is 13.3. The SMILES string of the molecule is CNC(=O)c1[nH]nc(-c2ccc(O)cc2F)c1-c1c(C)noc1C. The van der Waals surface area contributed by atoms with Gasteiger partial charge in [0.2, 0.25) is 0 Å². The number of carbonyl (C=O) groups is 1. The van der Waals surface area contributed by atoms with Crippen molar-refractivity contribution < 1.29 is 18.8 Å². The van der Waals surface area contributed by atoms with E-state index < -0.39 is 11.7 Å². The predicted octanol–water partition coefficient (Wildman–Crippen LogP) is 2.55. The van der Waals surface area contributed by atoms with Crippen molar-refractivity contribution in [2.24, 2.45) is 0 Å². The van der Waals surface area contributed by atoms with E-state index in [0.29, 0.717) is 22.6 Å². The largest absolute Gasteiger partial charge is 0.508 e. The summed E-state index contributed by atoms with van der Waals surface area (Å²) in [6.45, 7) is 3.43. The molecule has 0 bridgehead atoms. The Morgan fingerprint density at radius 3 is 2.67 bits per heavy atom. The Bertz CT molecular complexity index is 910. The number of phenols is 1. The lowest BCUT2D eigenvalue weighted by molar-refractivity contribution is 0.0959. The topological polar surface area (TPSA) is 104 Å². The quantitative estimate of drug-likeness (QED) is 0.684. The zero-order chi connectivity index (χ0) is 17.4. The highest BCUT2D eigenvalue weighted by Crippen LogP contribution is 2.38. The van der Waals surface area contributed by atoms with Crippen LogP contribution in [0.2, 0.25) is 0 Å². The molecule has 0 atom stereocenters. The van der Waals surface area contributed by atoms with Crippen molar-refractivity contribution in [2.45, 2.75) is 13.8 Å². The summed E-state index contributed by atoms with van der Waals surface area (Å²) >= 11 is 0. The summed E-state index contributed by atoms with van der Waals surface area (Å²) in [7, 11) is 1.49. The number of nitrogens with one attached hydrogen (secondary N) is 2. The van der Waals surface area contributed by atoms with Crippen LogP contribution in [-0.4, -0.2) is 33.4 Å². The van der Waals surface area contributed by atoms with Crippen molar-refractivity contribution in [1.29, 1.82) is 0 Å². The van der Waals surface area contributed by atoms with Gasteiger partial charge in [-0.05, 0) is 26.0 Å². The molecule has 0 aliphatic rings. The second kappa shape index (κ2) is 5.80. The molecule has 0 aliphatic carbocycles. The number of hydrogen-bond donors (Lipinski definition) is 3. The first-order chi connectivity index (χ1) is 11.4. The summed E-state index contributed by atoms with van der Waals surface area (Å²) < 4.78 is 19.5. The number of phenolic OH excluding ortho intramolecular Hbond substituents is 1. The van der Waals surface area contributed by atoms with Gasteiger partial charge in [-0.1, -0.05) is 5.16 Å². The van der Waals surface area contributed by atoms with Crippen molar-refractivity contribution in [3.8, 4) is 28.1 Å². The van der Waals surface area contributed by atoms with Gasteiger partial charge in [-0.15, -0.1) is 0 Å². The lowest BCUT2D eigenvalue weighted by Gasteiger charge is -2.06. The summed E-state index contributed by atoms with van der Waals surface area (Å²) in [5.41, 5.74) is 2.09. The van der Waals surface area contributed by atoms with Crippen LogP contribution in [0.3, 0.4) is 0 Å². The molecule has 2 aromatic heterocycles. The number of aromatic nitrogens is 3. The molecule has 3 aromatic rings. The molecule has 24 heavy (non-hydrogen) atoms. The Morgan fingerprint density at radius 2 is 2.08 bits per heavy atom. The van der Waals surface area contributed by atoms with Gasteiger partial charge >= 0.3 is 0 Å². The molecular weight excluding hydrogens is 315 g/mol. The lowest BCUT2D eigenvalue weighted by Crippen LogP contribution is -2.19. The molecule has 0 spiro atoms. The lowest BCUT2D eigenvalue weighted by atomic mass is 9.97. The molecular formula is C16H15FN4O3. The smallest absolute Gasteiger partial charge is 0.269 e. The molecule has 0 fully saturated rings. The van der Waals surface area contributed by atoms with Crippen LogP contribution in [0.4, 0.5) is 4.39 Å². The van der Waals surface area contributed by atoms with E-state index in [4.69, 9.17) is 4.52 Å². The van der Waals surface area contributed by atoms with Gasteiger partial charge in [0, 0.05) is 24.2 Å². The number of carbonyl (C=O) groups excluding carboxylic acids is 1. The maximum absolute atomic E-state index is 14.3. The number of benzene rings is 1. The molecule has 1 amide bonds. The second-order valence-corrected chi connectivity index (χ2v) is 5.26. The van der Waals surface area contributed by atoms with Crippen LogP contribution in [0.1, 0.15) is 21.9 Å². The molecule has 3 N–H and O–H groups in total. The van der Waals surface area contributed by atoms with Gasteiger partial charge in [0.1, 0.15) is 28.7 Å². The predicted molar refractivity (Wildman–Crippen MR) is 84.0 cm³/mol. The van der Waals surface area contributed by atoms with Crippen molar-refractivity contribution in [3.63, 3.8) is 0 Å².